The summed E-state index contributed by atoms with van der Waals surface area (Å²) in [6.45, 7) is 3.66. The zero-order chi connectivity index (χ0) is 18.5. The molecule has 0 aliphatic rings. The molecule has 4 N–H and O–H groups in total. The van der Waals surface area contributed by atoms with Crippen LogP contribution in [0.15, 0.2) is 42.7 Å². The normalized spacial score (nSPS) is 10.2. The van der Waals surface area contributed by atoms with Crippen LogP contribution in [0.2, 0.25) is 5.02 Å². The predicted molar refractivity (Wildman–Crippen MR) is 103 cm³/mol. The first kappa shape index (κ1) is 17.6. The minimum atomic E-state index is -0.451. The lowest BCUT2D eigenvalue weighted by Crippen LogP contribution is -2.19. The van der Waals surface area contributed by atoms with Crippen molar-refractivity contribution in [3.8, 4) is 11.6 Å². The van der Waals surface area contributed by atoms with Gasteiger partial charge in [-0.15, -0.1) is 11.3 Å². The molecule has 0 saturated heterocycles. The summed E-state index contributed by atoms with van der Waals surface area (Å²) >= 11 is 7.52. The number of aromatic nitrogens is 3. The average Bonchev–Trinajstić information content (AvgIpc) is 3.10. The van der Waals surface area contributed by atoms with Gasteiger partial charge in [0.2, 0.25) is 5.88 Å². The summed E-state index contributed by atoms with van der Waals surface area (Å²) in [6, 6.07) is 4.34. The van der Waals surface area contributed by atoms with E-state index in [2.05, 4.69) is 32.2 Å². The smallest absolute Gasteiger partial charge is 0.325 e. The summed E-state index contributed by atoms with van der Waals surface area (Å²) in [6.07, 6.45) is 4.39. The Labute approximate surface area is 157 Å². The number of benzene rings is 1. The Morgan fingerprint density at radius 2 is 2.15 bits per heavy atom. The number of nitrogens with zero attached hydrogens (tertiary/aromatic N) is 3. The monoisotopic (exact) mass is 388 g/mol. The first-order valence-electron chi connectivity index (χ1n) is 7.24. The van der Waals surface area contributed by atoms with E-state index in [0.29, 0.717) is 27.2 Å². The van der Waals surface area contributed by atoms with Gasteiger partial charge in [-0.05, 0) is 12.1 Å². The molecule has 0 aliphatic carbocycles. The third-order valence-corrected chi connectivity index (χ3v) is 4.14. The van der Waals surface area contributed by atoms with Crippen molar-refractivity contribution >= 4 is 51.7 Å². The Balaban J connectivity index is 1.72. The Hall–Kier alpha value is -3.17. The van der Waals surface area contributed by atoms with E-state index in [9.17, 15) is 4.79 Å². The molecule has 8 nitrogen and oxygen atoms in total. The van der Waals surface area contributed by atoms with Crippen LogP contribution in [0.1, 0.15) is 5.56 Å². The van der Waals surface area contributed by atoms with E-state index >= 15 is 0 Å². The van der Waals surface area contributed by atoms with Crippen LogP contribution in [0.3, 0.4) is 0 Å². The number of hydrogen-bond donors (Lipinski definition) is 3. The molecule has 3 aromatic rings. The molecule has 0 saturated carbocycles. The molecule has 2 amide bonds. The van der Waals surface area contributed by atoms with Gasteiger partial charge in [0.15, 0.2) is 5.13 Å². The van der Waals surface area contributed by atoms with Gasteiger partial charge in [-0.3, -0.25) is 5.32 Å². The SMILES string of the molecule is C=Cc1c(N)ncnc1Oc1ccc(NC(=O)Nc2nccs2)c(Cl)c1. The third kappa shape index (κ3) is 4.08. The summed E-state index contributed by atoms with van der Waals surface area (Å²) < 4.78 is 5.68. The van der Waals surface area contributed by atoms with E-state index in [4.69, 9.17) is 22.1 Å². The lowest BCUT2D eigenvalue weighted by molar-refractivity contribution is 0.262. The number of amides is 2. The van der Waals surface area contributed by atoms with E-state index in [1.807, 2.05) is 0 Å². The zero-order valence-electron chi connectivity index (χ0n) is 13.3. The molecule has 10 heteroatoms. The van der Waals surface area contributed by atoms with Gasteiger partial charge in [0, 0.05) is 17.6 Å². The van der Waals surface area contributed by atoms with Crippen LogP contribution in [-0.2, 0) is 0 Å². The molecule has 0 bridgehead atoms. The highest BCUT2D eigenvalue weighted by molar-refractivity contribution is 7.13. The summed E-state index contributed by atoms with van der Waals surface area (Å²) in [5, 5.41) is 7.77. The molecule has 0 spiro atoms. The highest BCUT2D eigenvalue weighted by Gasteiger charge is 2.11. The van der Waals surface area contributed by atoms with Gasteiger partial charge in [0.1, 0.15) is 17.9 Å². The summed E-state index contributed by atoms with van der Waals surface area (Å²) in [4.78, 5) is 23.8. The summed E-state index contributed by atoms with van der Waals surface area (Å²) in [5.74, 6) is 0.932. The number of thiazole rings is 1. The maximum atomic E-state index is 11.9. The summed E-state index contributed by atoms with van der Waals surface area (Å²) in [7, 11) is 0. The molecule has 0 unspecified atom stereocenters. The third-order valence-electron chi connectivity index (χ3n) is 3.14. The van der Waals surface area contributed by atoms with Gasteiger partial charge in [-0.2, -0.15) is 0 Å². The fraction of sp³-hybridized carbons (Fsp3) is 0. The van der Waals surface area contributed by atoms with Gasteiger partial charge in [-0.25, -0.2) is 19.7 Å². The van der Waals surface area contributed by atoms with Crippen LogP contribution >= 0.6 is 22.9 Å². The fourth-order valence-electron chi connectivity index (χ4n) is 1.97. The van der Waals surface area contributed by atoms with Gasteiger partial charge in [0.25, 0.3) is 0 Å². The van der Waals surface area contributed by atoms with Crippen LogP contribution in [0.25, 0.3) is 6.08 Å². The number of halogens is 1. The molecule has 3 rings (SSSR count). The Morgan fingerprint density at radius 3 is 2.85 bits per heavy atom. The van der Waals surface area contributed by atoms with Crippen molar-refractivity contribution in [2.75, 3.05) is 16.4 Å². The molecule has 1 aromatic carbocycles. The molecule has 0 fully saturated rings. The summed E-state index contributed by atoms with van der Waals surface area (Å²) in [5.41, 5.74) is 6.66. The van der Waals surface area contributed by atoms with Gasteiger partial charge in [0.05, 0.1) is 16.3 Å². The number of carbonyl (C=O) groups is 1. The molecule has 0 radical (unpaired) electrons. The number of nitrogens with two attached hydrogens (primary N) is 1. The van der Waals surface area contributed by atoms with Gasteiger partial charge in [-0.1, -0.05) is 24.3 Å². The number of anilines is 3. The molecule has 0 atom stereocenters. The molecule has 26 heavy (non-hydrogen) atoms. The van der Waals surface area contributed by atoms with Crippen LogP contribution in [0.4, 0.5) is 21.4 Å². The predicted octanol–water partition coefficient (Wildman–Crippen LogP) is 4.25. The minimum absolute atomic E-state index is 0.255. The number of hydrogen-bond acceptors (Lipinski definition) is 7. The van der Waals surface area contributed by atoms with Crippen molar-refractivity contribution in [3.63, 3.8) is 0 Å². The van der Waals surface area contributed by atoms with Crippen LogP contribution in [0.5, 0.6) is 11.6 Å². The van der Waals surface area contributed by atoms with E-state index in [1.165, 1.54) is 23.7 Å². The molecule has 2 heterocycles. The lowest BCUT2D eigenvalue weighted by Gasteiger charge is -2.11. The van der Waals surface area contributed by atoms with Crippen molar-refractivity contribution in [1.82, 2.24) is 15.0 Å². The van der Waals surface area contributed by atoms with Crippen LogP contribution in [-0.4, -0.2) is 21.0 Å². The van der Waals surface area contributed by atoms with Crippen molar-refractivity contribution in [3.05, 3.63) is 53.3 Å². The van der Waals surface area contributed by atoms with E-state index in [1.54, 1.807) is 29.8 Å². The average molecular weight is 389 g/mol. The van der Waals surface area contributed by atoms with Crippen molar-refractivity contribution in [2.24, 2.45) is 0 Å². The van der Waals surface area contributed by atoms with E-state index < -0.39 is 6.03 Å². The second-order valence-corrected chi connectivity index (χ2v) is 6.14. The minimum Gasteiger partial charge on any atom is -0.438 e. The number of carbonyl (C=O) groups excluding carboxylic acids is 1. The second kappa shape index (κ2) is 7.81. The van der Waals surface area contributed by atoms with Crippen molar-refractivity contribution in [1.29, 1.82) is 0 Å². The number of nitrogen functional groups attached to an aromatic ring is 1. The first-order chi connectivity index (χ1) is 12.6. The molecular weight excluding hydrogens is 376 g/mol. The first-order valence-corrected chi connectivity index (χ1v) is 8.50. The number of rotatable bonds is 5. The molecule has 132 valence electrons. The quantitative estimate of drug-likeness (QED) is 0.601. The fourth-order valence-corrected chi connectivity index (χ4v) is 2.72. The van der Waals surface area contributed by atoms with Crippen molar-refractivity contribution in [2.45, 2.75) is 0 Å². The highest BCUT2D eigenvalue weighted by Crippen LogP contribution is 2.31. The molecular formula is C16H13ClN6O2S. The van der Waals surface area contributed by atoms with Gasteiger partial charge >= 0.3 is 6.03 Å². The standard InChI is InChI=1S/C16H13ClN6O2S/c1-2-10-13(18)20-8-21-14(10)25-9-3-4-12(11(17)7-9)22-15(24)23-16-19-5-6-26-16/h2-8H,1H2,(H2,18,20,21)(H2,19,22,23,24). The number of urea groups is 1. The van der Waals surface area contributed by atoms with Crippen LogP contribution in [0, 0.1) is 0 Å². The highest BCUT2D eigenvalue weighted by atomic mass is 35.5. The number of nitrogens with one attached hydrogen (secondary N) is 2. The Bertz CT molecular complexity index is 948. The van der Waals surface area contributed by atoms with Crippen molar-refractivity contribution < 1.29 is 9.53 Å². The van der Waals surface area contributed by atoms with Gasteiger partial charge < -0.3 is 15.8 Å². The van der Waals surface area contributed by atoms with E-state index in [0.717, 1.165) is 0 Å². The molecule has 0 aliphatic heterocycles. The second-order valence-electron chi connectivity index (χ2n) is 4.84. The topological polar surface area (TPSA) is 115 Å². The maximum Gasteiger partial charge on any atom is 0.325 e. The Kier molecular flexibility index (Phi) is 5.30. The van der Waals surface area contributed by atoms with E-state index in [-0.39, 0.29) is 11.7 Å². The molecule has 2 aromatic heterocycles. The Morgan fingerprint density at radius 1 is 1.31 bits per heavy atom. The number of ether oxygens (including phenoxy) is 1. The maximum absolute atomic E-state index is 11.9. The zero-order valence-corrected chi connectivity index (χ0v) is 14.8. The lowest BCUT2D eigenvalue weighted by atomic mass is 10.3. The largest absolute Gasteiger partial charge is 0.438 e. The van der Waals surface area contributed by atoms with Crippen LogP contribution < -0.4 is 21.1 Å².